The molecule has 113 heavy (non-hydrogen) atoms. The van der Waals surface area contributed by atoms with Crippen LogP contribution in [0.25, 0.3) is 0 Å². The first kappa shape index (κ1) is 113. The summed E-state index contributed by atoms with van der Waals surface area (Å²) in [5.41, 5.74) is 18.5. The predicted octanol–water partition coefficient (Wildman–Crippen LogP) is -4.34. The number of methoxy groups -OCH3 is 16. The molecule has 3 aliphatic rings. The number of primary amides is 4. The van der Waals surface area contributed by atoms with Gasteiger partial charge in [-0.2, -0.15) is 0 Å². The Labute approximate surface area is 653 Å². The molecule has 0 aromatic carbocycles. The van der Waals surface area contributed by atoms with Crippen molar-refractivity contribution >= 4 is 77.0 Å². The van der Waals surface area contributed by atoms with Gasteiger partial charge in [-0.1, -0.05) is 0 Å². The number of aliphatic hydroxyl groups excluding tert-OH is 3. The number of carboxylic acids is 1. The molecule has 0 bridgehead atoms. The van der Waals surface area contributed by atoms with Crippen LogP contribution >= 0.6 is 0 Å². The molecular formula is C67H115N7O39. The van der Waals surface area contributed by atoms with E-state index in [4.69, 9.17) is 109 Å². The van der Waals surface area contributed by atoms with Gasteiger partial charge in [-0.05, 0) is 0 Å². The number of hydrogen-bond donors (Lipinski definition) is 8. The number of ketones is 3. The zero-order valence-electron chi connectivity index (χ0n) is 67.2. The highest BCUT2D eigenvalue weighted by Crippen LogP contribution is 2.26. The Morgan fingerprint density at radius 2 is 0.965 bits per heavy atom. The molecule has 46 heteroatoms. The first-order valence-corrected chi connectivity index (χ1v) is 32.8. The van der Waals surface area contributed by atoms with E-state index >= 15 is 0 Å². The van der Waals surface area contributed by atoms with Gasteiger partial charge in [0, 0.05) is 111 Å². The fourth-order valence-electron chi connectivity index (χ4n) is 8.15. The topological polar surface area (TPSA) is 631 Å². The van der Waals surface area contributed by atoms with E-state index < -0.39 is 88.7 Å². The van der Waals surface area contributed by atoms with Crippen LogP contribution in [0.15, 0.2) is 39.1 Å². The maximum absolute atomic E-state index is 12.2. The maximum atomic E-state index is 12.2. The second-order valence-corrected chi connectivity index (χ2v) is 21.9. The Morgan fingerprint density at radius 3 is 1.29 bits per heavy atom. The third-order valence-electron chi connectivity index (χ3n) is 12.9. The van der Waals surface area contributed by atoms with Gasteiger partial charge in [0.2, 0.25) is 34.6 Å². The van der Waals surface area contributed by atoms with Crippen LogP contribution in [-0.4, -0.2) is 370 Å². The molecule has 3 aliphatic heterocycles. The summed E-state index contributed by atoms with van der Waals surface area (Å²) < 4.78 is 108. The van der Waals surface area contributed by atoms with E-state index in [-0.39, 0.29) is 156 Å². The summed E-state index contributed by atoms with van der Waals surface area (Å²) in [7, 11) is 25.4. The first-order valence-electron chi connectivity index (χ1n) is 32.8. The van der Waals surface area contributed by atoms with Crippen LogP contribution in [-0.2, 0) is 154 Å². The minimum absolute atomic E-state index is 0.00829. The smallest absolute Gasteiger partial charge is 0.358 e. The number of nitrogens with two attached hydrogens (primary N) is 4. The van der Waals surface area contributed by atoms with Crippen molar-refractivity contribution in [2.75, 3.05) is 234 Å². The van der Waals surface area contributed by atoms with Gasteiger partial charge in [-0.3, -0.25) is 57.7 Å². The van der Waals surface area contributed by atoms with Crippen LogP contribution in [0, 0.1) is 0 Å². The van der Waals surface area contributed by atoms with E-state index in [1.165, 1.54) is 124 Å². The number of ether oxygens (including phenoxy) is 22. The normalized spacial score (nSPS) is 14.0. The van der Waals surface area contributed by atoms with Crippen molar-refractivity contribution < 1.29 is 182 Å². The number of aromatic nitrogens is 1. The van der Waals surface area contributed by atoms with Gasteiger partial charge in [-0.15, -0.1) is 0 Å². The number of aliphatic imine (C=N–C) groups is 1. The number of carbonyl (C=O) groups is 12. The fraction of sp³-hybridized carbons (Fsp3) is 0.672. The fourth-order valence-corrected chi connectivity index (χ4v) is 8.15. The van der Waals surface area contributed by atoms with Crippen molar-refractivity contribution in [3.05, 3.63) is 50.8 Å². The molecule has 0 unspecified atom stereocenters. The lowest BCUT2D eigenvalue weighted by Crippen LogP contribution is -2.39. The summed E-state index contributed by atoms with van der Waals surface area (Å²) in [6.45, 7) is 3.05. The number of nitrogens with zero attached hydrogens (tertiary/aromatic N) is 3. The van der Waals surface area contributed by atoms with Crippen molar-refractivity contribution in [3.8, 4) is 5.75 Å². The van der Waals surface area contributed by atoms with Crippen molar-refractivity contribution in [2.45, 2.75) is 68.6 Å². The Hall–Kier alpha value is -9.02. The van der Waals surface area contributed by atoms with Gasteiger partial charge in [0.25, 0.3) is 11.8 Å². The third-order valence-corrected chi connectivity index (χ3v) is 12.9. The van der Waals surface area contributed by atoms with Crippen LogP contribution in [0.5, 0.6) is 5.75 Å². The number of rotatable bonds is 41. The molecular weight excluding hydrogens is 1530 g/mol. The molecule has 0 aliphatic carbocycles. The van der Waals surface area contributed by atoms with E-state index in [1.807, 2.05) is 0 Å². The first-order chi connectivity index (χ1) is 53.4. The molecule has 46 nitrogen and oxygen atoms in total. The van der Waals surface area contributed by atoms with Crippen molar-refractivity contribution in [2.24, 2.45) is 27.9 Å². The number of carbonyl (C=O) groups excluding carboxylic acids is 11. The molecule has 0 radical (unpaired) electrons. The maximum Gasteiger partial charge on any atom is 0.358 e. The highest BCUT2D eigenvalue weighted by atomic mass is 16.8. The number of aliphatic carboxylic acids is 1. The zero-order chi connectivity index (χ0) is 87.7. The number of esters is 4. The van der Waals surface area contributed by atoms with Gasteiger partial charge >= 0.3 is 29.8 Å². The molecule has 0 saturated carbocycles. The lowest BCUT2D eigenvalue weighted by atomic mass is 10.2. The van der Waals surface area contributed by atoms with Crippen LogP contribution in [0.1, 0.15) is 53.0 Å². The monoisotopic (exact) mass is 1640 g/mol. The lowest BCUT2D eigenvalue weighted by Gasteiger charge is -2.24. The third kappa shape index (κ3) is 52.1. The molecule has 4 amide bonds. The molecule has 12 N–H and O–H groups in total. The SMILES string of the molecule is COC(=O)c1c(OC)c(=O)c(C(N)=O)cn1CC(OC)OC.COCC(=O)/C(=C\N(C)C)C(N)=O.COCC(=O)CC(=O)OC.COCC(=O)CC(N)=O.COCC(O)=C(C=NCC(OC)OC)C(=O)OC.COCC1(CC(=O)O)OCCO1.COCC1(CC(=O)OC)OCCO1.COCC1(CC(N)=O)OCCO1.OCCO. The van der Waals surface area contributed by atoms with Crippen molar-refractivity contribution in [1.29, 1.82) is 0 Å². The molecule has 4 heterocycles. The van der Waals surface area contributed by atoms with Crippen molar-refractivity contribution in [3.63, 3.8) is 0 Å². The number of aliphatic hydroxyl groups is 3. The van der Waals surface area contributed by atoms with Gasteiger partial charge in [0.1, 0.15) is 88.0 Å². The predicted molar refractivity (Wildman–Crippen MR) is 388 cm³/mol. The van der Waals surface area contributed by atoms with E-state index in [9.17, 15) is 67.4 Å². The molecule has 0 atom stereocenters. The summed E-state index contributed by atoms with van der Waals surface area (Å²) in [5, 5.41) is 33.4. The minimum atomic E-state index is -1.05. The zero-order valence-corrected chi connectivity index (χ0v) is 67.2. The molecule has 4 rings (SSSR count). The highest BCUT2D eigenvalue weighted by molar-refractivity contribution is 6.19. The molecule has 652 valence electrons. The second kappa shape index (κ2) is 67.5. The van der Waals surface area contributed by atoms with Crippen LogP contribution in [0.4, 0.5) is 0 Å². The van der Waals surface area contributed by atoms with Crippen LogP contribution < -0.4 is 33.1 Å². The number of pyridine rings is 1. The van der Waals surface area contributed by atoms with Gasteiger partial charge in [0.05, 0.1) is 114 Å². The summed E-state index contributed by atoms with van der Waals surface area (Å²) in [4.78, 5) is 148. The average Bonchev–Trinajstić information content (AvgIpc) is 1.57. The Bertz CT molecular complexity index is 3060. The largest absolute Gasteiger partial charge is 0.509 e. The minimum Gasteiger partial charge on any atom is -0.509 e. The van der Waals surface area contributed by atoms with E-state index in [0.29, 0.717) is 39.6 Å². The standard InChI is InChI=1S/C13H18N2O7.C11H19NO6.C8H14N2O3.C8H14O5.C7H13NO4.C7H12O5.C6H10O4.C5H9NO3.C2H6O2/c1-19-8(20-2)6-15-5-7(12(14)17)10(16)11(21-3)9(15)13(18)22-4;1-15-7-9(13)8(11(14)18-4)5-12-6-10(16-2)17-3;1-10(2)4-6(8(9)12)7(11)5-13-3;1-10-6-8(5-7(9)11-2)12-3-4-13-8;2*1-10-5-7(4-6(8)9)11-2-3-12-7;1-9-4-5(7)3-6(8)10-2;1-9-3-4(7)2-5(6)8;3-1-2-4/h5,8H,6H2,1-4H3,(H2,14,17);5,10,13H,6-7H2,1-4H3;4H,5H2,1-3H3,(H2,9,12);3-6H2,1-2H3;2-5H2,1H3,(H2,8,9);2-5H2,1H3,(H,8,9);3-4H2,1-2H3;2-3H2,1H3,(H2,6,8);3-4H,1-2H2/b;;6-4+;;;;;;. The number of Topliss-reactive ketones (excluding diaryl/α,β-unsaturated/α-hetero) is 3. The summed E-state index contributed by atoms with van der Waals surface area (Å²) in [6.07, 6.45) is 1.98. The molecule has 1 aromatic heterocycles. The number of carboxylic acid groups (broad SMARTS) is 1. The summed E-state index contributed by atoms with van der Waals surface area (Å²) >= 11 is 0. The van der Waals surface area contributed by atoms with Gasteiger partial charge in [0.15, 0.2) is 41.4 Å². The molecule has 0 spiro atoms. The van der Waals surface area contributed by atoms with E-state index in [1.54, 1.807) is 19.0 Å². The highest BCUT2D eigenvalue weighted by Gasteiger charge is 2.41. The van der Waals surface area contributed by atoms with E-state index in [0.717, 1.165) is 13.3 Å². The Kier molecular flexibility index (Phi) is 67.2. The quantitative estimate of drug-likeness (QED) is 0.00449. The van der Waals surface area contributed by atoms with E-state index in [2.05, 4.69) is 38.2 Å². The Morgan fingerprint density at radius 1 is 0.540 bits per heavy atom. The average molecular weight is 1640 g/mol. The Balaban J connectivity index is -0.000000396. The van der Waals surface area contributed by atoms with Crippen molar-refractivity contribution in [1.82, 2.24) is 9.47 Å². The van der Waals surface area contributed by atoms with Gasteiger partial charge in [-0.25, -0.2) is 9.59 Å². The second-order valence-electron chi connectivity index (χ2n) is 21.9. The summed E-state index contributed by atoms with van der Waals surface area (Å²) in [5.74, 6) is -10.6. The van der Waals surface area contributed by atoms with Crippen LogP contribution in [0.2, 0.25) is 0 Å². The number of hydrogen-bond acceptors (Lipinski definition) is 40. The molecule has 1 aromatic rings. The lowest BCUT2D eigenvalue weighted by molar-refractivity contribution is -0.201. The molecule has 3 fully saturated rings. The van der Waals surface area contributed by atoms with Gasteiger partial charge < -0.3 is 157 Å². The summed E-state index contributed by atoms with van der Waals surface area (Å²) in [6, 6.07) is 0. The molecule has 3 saturated heterocycles. The van der Waals surface area contributed by atoms with Crippen LogP contribution in [0.3, 0.4) is 0 Å². The number of amides is 4.